The topological polar surface area (TPSA) is 64.5 Å². The number of nitrogens with one attached hydrogen (secondary N) is 2. The van der Waals surface area contributed by atoms with E-state index in [2.05, 4.69) is 52.2 Å². The zero-order valence-electron chi connectivity index (χ0n) is 20.1. The standard InChI is InChI=1S/C28H36N2O2/c1-27(2,3)21-13-9-11-19(25(21)31)17-29-23-15-7-8-16-24(23)30-18-20-12-10-14-22(26(20)32)28(4,5)6/h7-16,29-32H,17-18H2,1-6H3. The van der Waals surface area contributed by atoms with E-state index in [-0.39, 0.29) is 10.8 Å². The Labute approximate surface area is 192 Å². The molecule has 0 atom stereocenters. The minimum absolute atomic E-state index is 0.122. The van der Waals surface area contributed by atoms with Crippen molar-refractivity contribution in [1.82, 2.24) is 0 Å². The van der Waals surface area contributed by atoms with E-state index in [1.807, 2.05) is 60.7 Å². The van der Waals surface area contributed by atoms with Gasteiger partial charge < -0.3 is 20.8 Å². The fraction of sp³-hybridized carbons (Fsp3) is 0.357. The Morgan fingerprint density at radius 2 is 0.938 bits per heavy atom. The summed E-state index contributed by atoms with van der Waals surface area (Å²) in [4.78, 5) is 0. The lowest BCUT2D eigenvalue weighted by molar-refractivity contribution is 0.440. The molecule has 3 rings (SSSR count). The van der Waals surface area contributed by atoms with Crippen molar-refractivity contribution >= 4 is 11.4 Å². The van der Waals surface area contributed by atoms with E-state index in [1.165, 1.54) is 0 Å². The monoisotopic (exact) mass is 432 g/mol. The number of aromatic hydroxyl groups is 2. The van der Waals surface area contributed by atoms with Gasteiger partial charge >= 0.3 is 0 Å². The molecule has 0 bridgehead atoms. The lowest BCUT2D eigenvalue weighted by Crippen LogP contribution is -2.13. The molecular formula is C28H36N2O2. The van der Waals surface area contributed by atoms with Crippen molar-refractivity contribution in [2.24, 2.45) is 0 Å². The molecule has 0 saturated carbocycles. The van der Waals surface area contributed by atoms with Crippen LogP contribution in [0.1, 0.15) is 63.8 Å². The van der Waals surface area contributed by atoms with Gasteiger partial charge in [-0.3, -0.25) is 0 Å². The van der Waals surface area contributed by atoms with Crippen LogP contribution in [0.15, 0.2) is 60.7 Å². The molecular weight excluding hydrogens is 396 g/mol. The van der Waals surface area contributed by atoms with Crippen molar-refractivity contribution < 1.29 is 10.2 Å². The van der Waals surface area contributed by atoms with Gasteiger partial charge in [0.1, 0.15) is 11.5 Å². The van der Waals surface area contributed by atoms with E-state index in [0.29, 0.717) is 24.6 Å². The maximum absolute atomic E-state index is 10.8. The summed E-state index contributed by atoms with van der Waals surface area (Å²) in [7, 11) is 0. The molecule has 0 aliphatic carbocycles. The van der Waals surface area contributed by atoms with Crippen molar-refractivity contribution in [1.29, 1.82) is 0 Å². The molecule has 0 spiro atoms. The summed E-state index contributed by atoms with van der Waals surface area (Å²) in [5.41, 5.74) is 5.26. The summed E-state index contributed by atoms with van der Waals surface area (Å²) < 4.78 is 0. The normalized spacial score (nSPS) is 11.9. The maximum atomic E-state index is 10.8. The van der Waals surface area contributed by atoms with Gasteiger partial charge in [0.15, 0.2) is 0 Å². The molecule has 32 heavy (non-hydrogen) atoms. The smallest absolute Gasteiger partial charge is 0.124 e. The summed E-state index contributed by atoms with van der Waals surface area (Å²) in [5, 5.41) is 28.4. The van der Waals surface area contributed by atoms with Crippen molar-refractivity contribution in [3.63, 3.8) is 0 Å². The van der Waals surface area contributed by atoms with Gasteiger partial charge in [0, 0.05) is 24.2 Å². The molecule has 170 valence electrons. The lowest BCUT2D eigenvalue weighted by Gasteiger charge is -2.23. The van der Waals surface area contributed by atoms with Gasteiger partial charge in [-0.05, 0) is 34.1 Å². The van der Waals surface area contributed by atoms with E-state index in [9.17, 15) is 10.2 Å². The molecule has 4 N–H and O–H groups in total. The third-order valence-electron chi connectivity index (χ3n) is 5.72. The summed E-state index contributed by atoms with van der Waals surface area (Å²) in [6.45, 7) is 13.6. The van der Waals surface area contributed by atoms with Crippen molar-refractivity contribution in [2.45, 2.75) is 65.5 Å². The van der Waals surface area contributed by atoms with E-state index in [4.69, 9.17) is 0 Å². The van der Waals surface area contributed by atoms with Gasteiger partial charge in [0.05, 0.1) is 11.4 Å². The Hall–Kier alpha value is -3.14. The Morgan fingerprint density at radius 1 is 0.562 bits per heavy atom. The minimum atomic E-state index is -0.122. The highest BCUT2D eigenvalue weighted by molar-refractivity contribution is 5.69. The fourth-order valence-corrected chi connectivity index (χ4v) is 3.85. The summed E-state index contributed by atoms with van der Waals surface area (Å²) in [6.07, 6.45) is 0. The number of phenolic OH excluding ortho intramolecular Hbond substituents is 2. The summed E-state index contributed by atoms with van der Waals surface area (Å²) in [5.74, 6) is 0.698. The van der Waals surface area contributed by atoms with Crippen LogP contribution in [0.4, 0.5) is 11.4 Å². The first-order chi connectivity index (χ1) is 15.0. The second kappa shape index (κ2) is 9.15. The molecule has 0 aliphatic rings. The Morgan fingerprint density at radius 3 is 1.28 bits per heavy atom. The molecule has 0 aromatic heterocycles. The molecule has 0 saturated heterocycles. The quantitative estimate of drug-likeness (QED) is 0.341. The summed E-state index contributed by atoms with van der Waals surface area (Å²) >= 11 is 0. The number of phenols is 2. The lowest BCUT2D eigenvalue weighted by atomic mass is 9.85. The van der Waals surface area contributed by atoms with Crippen LogP contribution in [0.5, 0.6) is 11.5 Å². The third kappa shape index (κ3) is 5.37. The average molecular weight is 433 g/mol. The van der Waals surface area contributed by atoms with Crippen molar-refractivity contribution in [2.75, 3.05) is 10.6 Å². The van der Waals surface area contributed by atoms with Crippen LogP contribution in [-0.4, -0.2) is 10.2 Å². The molecule has 0 radical (unpaired) electrons. The molecule has 0 aliphatic heterocycles. The van der Waals surface area contributed by atoms with Crippen molar-refractivity contribution in [3.05, 3.63) is 82.9 Å². The first-order valence-corrected chi connectivity index (χ1v) is 11.2. The molecule has 0 unspecified atom stereocenters. The molecule has 4 heteroatoms. The Bertz CT molecular complexity index is 989. The van der Waals surface area contributed by atoms with Gasteiger partial charge in [-0.2, -0.15) is 0 Å². The number of rotatable bonds is 6. The molecule has 0 amide bonds. The second-order valence-corrected chi connectivity index (χ2v) is 10.4. The van der Waals surface area contributed by atoms with E-state index < -0.39 is 0 Å². The molecule has 0 fully saturated rings. The highest BCUT2D eigenvalue weighted by Crippen LogP contribution is 2.35. The predicted molar refractivity (Wildman–Crippen MR) is 135 cm³/mol. The SMILES string of the molecule is CC(C)(C)c1cccc(CNc2ccccc2NCc2cccc(C(C)(C)C)c2O)c1O. The van der Waals surface area contributed by atoms with E-state index >= 15 is 0 Å². The summed E-state index contributed by atoms with van der Waals surface area (Å²) in [6, 6.07) is 19.8. The number of benzene rings is 3. The zero-order valence-corrected chi connectivity index (χ0v) is 20.1. The molecule has 0 heterocycles. The maximum Gasteiger partial charge on any atom is 0.124 e. The molecule has 3 aromatic rings. The average Bonchev–Trinajstić information content (AvgIpc) is 2.71. The first-order valence-electron chi connectivity index (χ1n) is 11.2. The van der Waals surface area contributed by atoms with Crippen LogP contribution in [0.2, 0.25) is 0 Å². The van der Waals surface area contributed by atoms with Crippen LogP contribution in [0, 0.1) is 0 Å². The number of para-hydroxylation sites is 4. The minimum Gasteiger partial charge on any atom is -0.507 e. The molecule has 3 aromatic carbocycles. The Kier molecular flexibility index (Phi) is 6.73. The van der Waals surface area contributed by atoms with Crippen LogP contribution < -0.4 is 10.6 Å². The zero-order chi connectivity index (χ0) is 23.5. The van der Waals surface area contributed by atoms with Gasteiger partial charge in [-0.25, -0.2) is 0 Å². The third-order valence-corrected chi connectivity index (χ3v) is 5.72. The highest BCUT2D eigenvalue weighted by atomic mass is 16.3. The van der Waals surface area contributed by atoms with Crippen LogP contribution in [-0.2, 0) is 23.9 Å². The predicted octanol–water partition coefficient (Wildman–Crippen LogP) is 6.92. The van der Waals surface area contributed by atoms with Crippen LogP contribution in [0.25, 0.3) is 0 Å². The largest absolute Gasteiger partial charge is 0.507 e. The van der Waals surface area contributed by atoms with E-state index in [0.717, 1.165) is 33.6 Å². The fourth-order valence-electron chi connectivity index (χ4n) is 3.85. The Balaban J connectivity index is 1.76. The van der Waals surface area contributed by atoms with E-state index in [1.54, 1.807) is 0 Å². The number of hydrogen-bond donors (Lipinski definition) is 4. The number of hydrogen-bond acceptors (Lipinski definition) is 4. The van der Waals surface area contributed by atoms with Gasteiger partial charge in [0.2, 0.25) is 0 Å². The van der Waals surface area contributed by atoms with Crippen LogP contribution >= 0.6 is 0 Å². The van der Waals surface area contributed by atoms with Crippen molar-refractivity contribution in [3.8, 4) is 11.5 Å². The second-order valence-electron chi connectivity index (χ2n) is 10.4. The number of anilines is 2. The van der Waals surface area contributed by atoms with Gasteiger partial charge in [0.25, 0.3) is 0 Å². The first kappa shape index (κ1) is 23.5. The molecule has 4 nitrogen and oxygen atoms in total. The van der Waals surface area contributed by atoms with Crippen LogP contribution in [0.3, 0.4) is 0 Å². The van der Waals surface area contributed by atoms with Gasteiger partial charge in [-0.1, -0.05) is 90.1 Å². The highest BCUT2D eigenvalue weighted by Gasteiger charge is 2.21. The van der Waals surface area contributed by atoms with Gasteiger partial charge in [-0.15, -0.1) is 0 Å².